The van der Waals surface area contributed by atoms with Gasteiger partial charge in [0.1, 0.15) is 13.2 Å². The highest BCUT2D eigenvalue weighted by Crippen LogP contribution is 2.15. The van der Waals surface area contributed by atoms with Gasteiger partial charge in [-0.2, -0.15) is 0 Å². The number of carbonyl (C=O) groups excluding carboxylic acids is 3. The molecule has 0 aliphatic rings. The fraction of sp³-hybridized carbons (Fsp3) is 0.613. The lowest BCUT2D eigenvalue weighted by atomic mass is 10.0. The molecule has 0 N–H and O–H groups in total. The first kappa shape index (κ1) is 76.0. The zero-order valence-electron chi connectivity index (χ0n) is 52.2. The maximum atomic E-state index is 12.9. The van der Waals surface area contributed by atoms with Crippen molar-refractivity contribution in [2.24, 2.45) is 0 Å². The SMILES string of the molecule is CC/C=C\C/C=C\C/C=C\C/C=C\C/C=C\C/C=C\C/C=C\CCCC(=O)OCC(COC(=O)CCC/C=C\C/C=C\C/C=C\C/C=C\C/C=C\CC)OC(=O)CCCCCCCCCCCCC/C=C\CCCCCCCCCC. The molecule has 0 aliphatic carbocycles. The molecular formula is C75H120O6. The van der Waals surface area contributed by atoms with Gasteiger partial charge in [0.05, 0.1) is 0 Å². The van der Waals surface area contributed by atoms with Crippen molar-refractivity contribution >= 4 is 17.9 Å². The average molecular weight is 1120 g/mol. The average Bonchev–Trinajstić information content (AvgIpc) is 3.47. The van der Waals surface area contributed by atoms with Crippen LogP contribution in [0.2, 0.25) is 0 Å². The van der Waals surface area contributed by atoms with Crippen molar-refractivity contribution in [3.63, 3.8) is 0 Å². The molecule has 0 rings (SSSR count). The third kappa shape index (κ3) is 65.7. The van der Waals surface area contributed by atoms with Crippen LogP contribution in [0.15, 0.2) is 158 Å². The van der Waals surface area contributed by atoms with E-state index in [1.54, 1.807) is 0 Å². The second kappa shape index (κ2) is 67.5. The second-order valence-electron chi connectivity index (χ2n) is 21.3. The molecule has 0 amide bonds. The van der Waals surface area contributed by atoms with Crippen molar-refractivity contribution in [2.75, 3.05) is 13.2 Å². The van der Waals surface area contributed by atoms with Gasteiger partial charge in [0.25, 0.3) is 0 Å². The van der Waals surface area contributed by atoms with E-state index >= 15 is 0 Å². The predicted molar refractivity (Wildman–Crippen MR) is 352 cm³/mol. The zero-order chi connectivity index (χ0) is 58.5. The second-order valence-corrected chi connectivity index (χ2v) is 21.3. The van der Waals surface area contributed by atoms with Gasteiger partial charge in [0, 0.05) is 19.3 Å². The molecule has 0 aromatic carbocycles. The maximum absolute atomic E-state index is 12.9. The molecule has 0 saturated carbocycles. The number of esters is 3. The third-order valence-corrected chi connectivity index (χ3v) is 13.5. The molecule has 6 heteroatoms. The molecule has 0 saturated heterocycles. The molecule has 1 atom stereocenters. The molecule has 0 aromatic heterocycles. The maximum Gasteiger partial charge on any atom is 0.306 e. The number of hydrogen-bond acceptors (Lipinski definition) is 6. The van der Waals surface area contributed by atoms with E-state index < -0.39 is 6.10 Å². The van der Waals surface area contributed by atoms with Gasteiger partial charge in [-0.05, 0) is 135 Å². The van der Waals surface area contributed by atoms with E-state index in [9.17, 15) is 14.4 Å². The van der Waals surface area contributed by atoms with Gasteiger partial charge in [-0.3, -0.25) is 14.4 Å². The van der Waals surface area contributed by atoms with Crippen LogP contribution >= 0.6 is 0 Å². The number of carbonyl (C=O) groups is 3. The molecule has 1 unspecified atom stereocenters. The molecule has 0 heterocycles. The van der Waals surface area contributed by atoms with Gasteiger partial charge in [-0.25, -0.2) is 0 Å². The van der Waals surface area contributed by atoms with Gasteiger partial charge in [0.15, 0.2) is 6.10 Å². The Kier molecular flexibility index (Phi) is 63.4. The molecule has 0 fully saturated rings. The predicted octanol–water partition coefficient (Wildman–Crippen LogP) is 22.9. The van der Waals surface area contributed by atoms with Crippen LogP contribution in [0, 0.1) is 0 Å². The van der Waals surface area contributed by atoms with Crippen molar-refractivity contribution in [1.82, 2.24) is 0 Å². The number of rotatable bonds is 58. The van der Waals surface area contributed by atoms with Crippen molar-refractivity contribution in [1.29, 1.82) is 0 Å². The van der Waals surface area contributed by atoms with Crippen molar-refractivity contribution in [3.05, 3.63) is 158 Å². The Labute approximate surface area is 499 Å². The molecule has 0 aromatic rings. The van der Waals surface area contributed by atoms with Crippen molar-refractivity contribution in [2.45, 2.75) is 284 Å². The summed E-state index contributed by atoms with van der Waals surface area (Å²) in [6, 6.07) is 0. The number of ether oxygens (including phenoxy) is 3. The Bertz CT molecular complexity index is 1810. The van der Waals surface area contributed by atoms with Crippen LogP contribution in [-0.2, 0) is 28.6 Å². The lowest BCUT2D eigenvalue weighted by Crippen LogP contribution is -2.30. The lowest BCUT2D eigenvalue weighted by molar-refractivity contribution is -0.167. The Balaban J connectivity index is 4.55. The van der Waals surface area contributed by atoms with Crippen LogP contribution in [0.25, 0.3) is 0 Å². The highest BCUT2D eigenvalue weighted by atomic mass is 16.6. The van der Waals surface area contributed by atoms with Crippen LogP contribution in [0.3, 0.4) is 0 Å². The Hall–Kier alpha value is -4.97. The monoisotopic (exact) mass is 1120 g/mol. The standard InChI is InChI=1S/C75H120O6/c1-4-7-10-13-16-19-22-25-28-31-33-35-37-39-41-44-47-50-53-56-59-62-65-68-74(77)80-71-72(70-79-73(76)67-64-61-58-55-52-49-46-43-30-27-24-21-18-15-12-9-6-3)81-75(78)69-66-63-60-57-54-51-48-45-42-40-38-36-34-32-29-26-23-20-17-14-11-8-5-2/h7,9-10,12,16,18-19,21,25,27-28,30,32-35,39,41,46-47,49-50,55-56,58-59,72H,4-6,8,11,13-15,17,20,22-24,26,29,31,36-38,40,42-45,48,51-54,57,60-71H2,1-3H3/b10-7-,12-9-,19-16-,21-18-,28-25-,30-27-,34-32-,35-33-,41-39-,49-46-,50-47-,58-55-,59-56-. The first-order valence-electron chi connectivity index (χ1n) is 33.0. The molecular weight excluding hydrogens is 997 g/mol. The molecule has 0 aliphatic heterocycles. The molecule has 6 nitrogen and oxygen atoms in total. The Morgan fingerprint density at radius 1 is 0.259 bits per heavy atom. The summed E-state index contributed by atoms with van der Waals surface area (Å²) in [7, 11) is 0. The minimum atomic E-state index is -0.835. The van der Waals surface area contributed by atoms with E-state index in [1.165, 1.54) is 116 Å². The number of unbranched alkanes of at least 4 members (excludes halogenated alkanes) is 21. The highest BCUT2D eigenvalue weighted by Gasteiger charge is 2.19. The summed E-state index contributed by atoms with van der Waals surface area (Å²) in [6.07, 6.45) is 98.4. The molecule has 81 heavy (non-hydrogen) atoms. The van der Waals surface area contributed by atoms with Gasteiger partial charge in [0.2, 0.25) is 0 Å². The summed E-state index contributed by atoms with van der Waals surface area (Å²) in [4.78, 5) is 38.3. The molecule has 0 bridgehead atoms. The van der Waals surface area contributed by atoms with E-state index in [0.717, 1.165) is 109 Å². The zero-order valence-corrected chi connectivity index (χ0v) is 52.2. The smallest absolute Gasteiger partial charge is 0.306 e. The largest absolute Gasteiger partial charge is 0.462 e. The quantitative estimate of drug-likeness (QED) is 0.0261. The molecule has 456 valence electrons. The van der Waals surface area contributed by atoms with Crippen LogP contribution in [0.5, 0.6) is 0 Å². The van der Waals surface area contributed by atoms with Gasteiger partial charge in [-0.15, -0.1) is 0 Å². The summed E-state index contributed by atoms with van der Waals surface area (Å²) in [6.45, 7) is 6.32. The van der Waals surface area contributed by atoms with Crippen molar-refractivity contribution < 1.29 is 28.6 Å². The Morgan fingerprint density at radius 3 is 0.802 bits per heavy atom. The third-order valence-electron chi connectivity index (χ3n) is 13.5. The van der Waals surface area contributed by atoms with Crippen molar-refractivity contribution in [3.8, 4) is 0 Å². The fourth-order valence-corrected chi connectivity index (χ4v) is 8.64. The van der Waals surface area contributed by atoms with Crippen LogP contribution in [0.1, 0.15) is 278 Å². The number of allylic oxidation sites excluding steroid dienone is 26. The molecule has 0 spiro atoms. The summed E-state index contributed by atoms with van der Waals surface area (Å²) >= 11 is 0. The minimum absolute atomic E-state index is 0.132. The van der Waals surface area contributed by atoms with E-state index in [2.05, 4.69) is 179 Å². The van der Waals surface area contributed by atoms with E-state index in [4.69, 9.17) is 14.2 Å². The van der Waals surface area contributed by atoms with Gasteiger partial charge < -0.3 is 14.2 Å². The highest BCUT2D eigenvalue weighted by molar-refractivity contribution is 5.71. The fourth-order valence-electron chi connectivity index (χ4n) is 8.64. The normalized spacial score (nSPS) is 13.2. The van der Waals surface area contributed by atoms with Crippen LogP contribution in [0.4, 0.5) is 0 Å². The van der Waals surface area contributed by atoms with Crippen LogP contribution < -0.4 is 0 Å². The van der Waals surface area contributed by atoms with E-state index in [0.29, 0.717) is 19.3 Å². The first-order chi connectivity index (χ1) is 40.0. The minimum Gasteiger partial charge on any atom is -0.462 e. The summed E-state index contributed by atoms with van der Waals surface area (Å²) in [5.41, 5.74) is 0. The van der Waals surface area contributed by atoms with E-state index in [-0.39, 0.29) is 44.0 Å². The van der Waals surface area contributed by atoms with Crippen LogP contribution in [-0.4, -0.2) is 37.2 Å². The summed E-state index contributed by atoms with van der Waals surface area (Å²) < 4.78 is 16.8. The van der Waals surface area contributed by atoms with Gasteiger partial charge in [-0.1, -0.05) is 281 Å². The first-order valence-corrected chi connectivity index (χ1v) is 33.0. The topological polar surface area (TPSA) is 78.9 Å². The molecule has 0 radical (unpaired) electrons. The summed E-state index contributed by atoms with van der Waals surface area (Å²) in [5, 5.41) is 0. The summed E-state index contributed by atoms with van der Waals surface area (Å²) in [5.74, 6) is -1.05. The Morgan fingerprint density at radius 2 is 0.494 bits per heavy atom. The number of hydrogen-bond donors (Lipinski definition) is 0. The van der Waals surface area contributed by atoms with E-state index in [1.807, 2.05) is 0 Å². The lowest BCUT2D eigenvalue weighted by Gasteiger charge is -2.18. The van der Waals surface area contributed by atoms with Gasteiger partial charge >= 0.3 is 17.9 Å².